The molecule has 0 atom stereocenters. The van der Waals surface area contributed by atoms with Crippen molar-refractivity contribution in [2.45, 2.75) is 25.7 Å². The van der Waals surface area contributed by atoms with E-state index in [9.17, 15) is 4.39 Å². The Hall–Kier alpha value is -3.16. The predicted molar refractivity (Wildman–Crippen MR) is 107 cm³/mol. The molecule has 4 rings (SSSR count). The molecule has 8 heteroatoms. The third-order valence-electron chi connectivity index (χ3n) is 4.83. The molecular weight excluding hydrogens is 359 g/mol. The van der Waals surface area contributed by atoms with Crippen molar-refractivity contribution in [1.29, 1.82) is 0 Å². The maximum absolute atomic E-state index is 13.9. The number of nitrogens with one attached hydrogen (secondary N) is 2. The zero-order valence-corrected chi connectivity index (χ0v) is 15.8. The molecule has 1 fully saturated rings. The monoisotopic (exact) mass is 382 g/mol. The number of hydrogen-bond donors (Lipinski definition) is 2. The Morgan fingerprint density at radius 1 is 1.07 bits per heavy atom. The number of ether oxygens (including phenoxy) is 1. The molecule has 0 aliphatic carbocycles. The van der Waals surface area contributed by atoms with Gasteiger partial charge in [-0.1, -0.05) is 12.8 Å². The van der Waals surface area contributed by atoms with E-state index in [-0.39, 0.29) is 5.75 Å². The largest absolute Gasteiger partial charge is 0.494 e. The summed E-state index contributed by atoms with van der Waals surface area (Å²) in [5.74, 6) is 1.81. The first-order valence-corrected chi connectivity index (χ1v) is 9.47. The van der Waals surface area contributed by atoms with Gasteiger partial charge in [0.25, 0.3) is 0 Å². The van der Waals surface area contributed by atoms with Crippen LogP contribution in [0.25, 0.3) is 11.3 Å². The van der Waals surface area contributed by atoms with Gasteiger partial charge in [-0.25, -0.2) is 9.37 Å². The summed E-state index contributed by atoms with van der Waals surface area (Å²) in [5.41, 5.74) is 1.39. The SMILES string of the molecule is COc1ccc(-c2cc(Nc3ccnc(N4CCCCCC4)n3)n[nH]2)cc1F. The molecule has 1 saturated heterocycles. The van der Waals surface area contributed by atoms with E-state index in [0.717, 1.165) is 19.0 Å². The fraction of sp³-hybridized carbons (Fsp3) is 0.350. The Morgan fingerprint density at radius 2 is 1.89 bits per heavy atom. The molecule has 0 unspecified atom stereocenters. The highest BCUT2D eigenvalue weighted by Gasteiger charge is 2.13. The van der Waals surface area contributed by atoms with Crippen LogP contribution in [0.5, 0.6) is 5.75 Å². The van der Waals surface area contributed by atoms with Gasteiger partial charge in [0, 0.05) is 30.9 Å². The molecule has 1 aliphatic heterocycles. The van der Waals surface area contributed by atoms with E-state index in [0.29, 0.717) is 22.9 Å². The number of hydrogen-bond acceptors (Lipinski definition) is 6. The molecule has 3 aromatic rings. The Bertz CT molecular complexity index is 936. The second-order valence-electron chi connectivity index (χ2n) is 6.78. The molecule has 1 aliphatic rings. The van der Waals surface area contributed by atoms with Crippen LogP contribution >= 0.6 is 0 Å². The number of methoxy groups -OCH3 is 1. The molecule has 1 aromatic carbocycles. The van der Waals surface area contributed by atoms with Crippen molar-refractivity contribution in [2.75, 3.05) is 30.4 Å². The highest BCUT2D eigenvalue weighted by Crippen LogP contribution is 2.26. The van der Waals surface area contributed by atoms with Gasteiger partial charge in [-0.05, 0) is 37.1 Å². The van der Waals surface area contributed by atoms with E-state index >= 15 is 0 Å². The average molecular weight is 382 g/mol. The normalized spacial score (nSPS) is 14.6. The van der Waals surface area contributed by atoms with Gasteiger partial charge in [-0.3, -0.25) is 5.10 Å². The van der Waals surface area contributed by atoms with Crippen molar-refractivity contribution < 1.29 is 9.13 Å². The summed E-state index contributed by atoms with van der Waals surface area (Å²) in [6, 6.07) is 8.41. The minimum Gasteiger partial charge on any atom is -0.494 e. The Balaban J connectivity index is 1.49. The number of benzene rings is 1. The number of halogens is 1. The highest BCUT2D eigenvalue weighted by molar-refractivity contribution is 5.66. The van der Waals surface area contributed by atoms with E-state index in [1.807, 2.05) is 12.1 Å². The minimum absolute atomic E-state index is 0.212. The van der Waals surface area contributed by atoms with Gasteiger partial charge in [0.1, 0.15) is 5.82 Å². The Labute approximate surface area is 163 Å². The van der Waals surface area contributed by atoms with Crippen LogP contribution in [0.3, 0.4) is 0 Å². The molecule has 146 valence electrons. The van der Waals surface area contributed by atoms with E-state index in [2.05, 4.69) is 30.4 Å². The summed E-state index contributed by atoms with van der Waals surface area (Å²) < 4.78 is 18.9. The first kappa shape index (κ1) is 18.2. The van der Waals surface area contributed by atoms with Crippen LogP contribution in [-0.2, 0) is 0 Å². The van der Waals surface area contributed by atoms with Crippen LogP contribution in [0.1, 0.15) is 25.7 Å². The number of nitrogens with zero attached hydrogens (tertiary/aromatic N) is 4. The number of aromatic nitrogens is 4. The maximum atomic E-state index is 13.9. The van der Waals surface area contributed by atoms with Gasteiger partial charge in [-0.15, -0.1) is 0 Å². The molecule has 3 heterocycles. The number of anilines is 3. The van der Waals surface area contributed by atoms with Crippen LogP contribution in [-0.4, -0.2) is 40.4 Å². The number of aromatic amines is 1. The summed E-state index contributed by atoms with van der Waals surface area (Å²) in [7, 11) is 1.44. The summed E-state index contributed by atoms with van der Waals surface area (Å²) in [6.07, 6.45) is 6.61. The fourth-order valence-corrected chi connectivity index (χ4v) is 3.34. The average Bonchev–Trinajstić information content (AvgIpc) is 3.00. The molecule has 2 aromatic heterocycles. The highest BCUT2D eigenvalue weighted by atomic mass is 19.1. The number of H-pyrrole nitrogens is 1. The lowest BCUT2D eigenvalue weighted by Crippen LogP contribution is -2.26. The molecule has 0 spiro atoms. The zero-order valence-electron chi connectivity index (χ0n) is 15.8. The van der Waals surface area contributed by atoms with Gasteiger partial charge in [-0.2, -0.15) is 10.1 Å². The van der Waals surface area contributed by atoms with Crippen LogP contribution in [0.4, 0.5) is 22.0 Å². The van der Waals surface area contributed by atoms with Gasteiger partial charge < -0.3 is 15.0 Å². The molecule has 0 radical (unpaired) electrons. The van der Waals surface area contributed by atoms with Crippen LogP contribution in [0.15, 0.2) is 36.5 Å². The molecule has 28 heavy (non-hydrogen) atoms. The predicted octanol–water partition coefficient (Wildman–Crippen LogP) is 4.14. The summed E-state index contributed by atoms with van der Waals surface area (Å²) in [4.78, 5) is 11.3. The third kappa shape index (κ3) is 4.05. The number of rotatable bonds is 5. The minimum atomic E-state index is -0.415. The third-order valence-corrected chi connectivity index (χ3v) is 4.83. The second-order valence-corrected chi connectivity index (χ2v) is 6.78. The first-order chi connectivity index (χ1) is 13.7. The zero-order chi connectivity index (χ0) is 19.3. The van der Waals surface area contributed by atoms with E-state index < -0.39 is 5.82 Å². The van der Waals surface area contributed by atoms with Crippen molar-refractivity contribution in [1.82, 2.24) is 20.2 Å². The Kier molecular flexibility index (Phi) is 5.36. The summed E-state index contributed by atoms with van der Waals surface area (Å²) >= 11 is 0. The fourth-order valence-electron chi connectivity index (χ4n) is 3.34. The van der Waals surface area contributed by atoms with Crippen LogP contribution in [0, 0.1) is 5.82 Å². The lowest BCUT2D eigenvalue weighted by Gasteiger charge is -2.20. The summed E-state index contributed by atoms with van der Waals surface area (Å²) in [5, 5.41) is 10.4. The summed E-state index contributed by atoms with van der Waals surface area (Å²) in [6.45, 7) is 1.97. The molecular formula is C20H23FN6O. The molecule has 7 nitrogen and oxygen atoms in total. The first-order valence-electron chi connectivity index (χ1n) is 9.47. The van der Waals surface area contributed by atoms with E-state index in [4.69, 9.17) is 4.74 Å². The van der Waals surface area contributed by atoms with Gasteiger partial charge in [0.15, 0.2) is 17.4 Å². The van der Waals surface area contributed by atoms with Gasteiger partial charge in [0.2, 0.25) is 5.95 Å². The second kappa shape index (κ2) is 8.24. The molecule has 2 N–H and O–H groups in total. The van der Waals surface area contributed by atoms with Gasteiger partial charge >= 0.3 is 0 Å². The molecule has 0 bridgehead atoms. The van der Waals surface area contributed by atoms with E-state index in [1.165, 1.54) is 38.9 Å². The topological polar surface area (TPSA) is 79.0 Å². The quantitative estimate of drug-likeness (QED) is 0.690. The van der Waals surface area contributed by atoms with Gasteiger partial charge in [0.05, 0.1) is 12.8 Å². The van der Waals surface area contributed by atoms with Crippen molar-refractivity contribution in [3.8, 4) is 17.0 Å². The van der Waals surface area contributed by atoms with Crippen molar-refractivity contribution in [2.24, 2.45) is 0 Å². The van der Waals surface area contributed by atoms with Crippen molar-refractivity contribution in [3.05, 3.63) is 42.3 Å². The van der Waals surface area contributed by atoms with Crippen molar-refractivity contribution in [3.63, 3.8) is 0 Å². The maximum Gasteiger partial charge on any atom is 0.227 e. The van der Waals surface area contributed by atoms with E-state index in [1.54, 1.807) is 18.3 Å². The van der Waals surface area contributed by atoms with Crippen LogP contribution < -0.4 is 15.0 Å². The van der Waals surface area contributed by atoms with Crippen molar-refractivity contribution >= 4 is 17.6 Å². The Morgan fingerprint density at radius 3 is 2.64 bits per heavy atom. The molecule has 0 saturated carbocycles. The molecule has 0 amide bonds. The standard InChI is InChI=1S/C20H23FN6O/c1-28-17-7-6-14(12-15(17)21)16-13-19(26-25-16)23-18-8-9-22-20(24-18)27-10-4-2-3-5-11-27/h6-9,12-13H,2-5,10-11H2,1H3,(H2,22,23,24,25,26). The lowest BCUT2D eigenvalue weighted by molar-refractivity contribution is 0.386. The smallest absolute Gasteiger partial charge is 0.227 e. The lowest BCUT2D eigenvalue weighted by atomic mass is 10.1. The van der Waals surface area contributed by atoms with Crippen LogP contribution in [0.2, 0.25) is 0 Å².